The van der Waals surface area contributed by atoms with Crippen LogP contribution in [0.3, 0.4) is 0 Å². The van der Waals surface area contributed by atoms with Gasteiger partial charge >= 0.3 is 5.97 Å². The minimum Gasteiger partial charge on any atom is -0.493 e. The third-order valence-corrected chi connectivity index (χ3v) is 9.13. The maximum Gasteiger partial charge on any atom is 0.342 e. The van der Waals surface area contributed by atoms with Gasteiger partial charge in [-0.15, -0.1) is 0 Å². The normalized spacial score (nSPS) is 20.0. The van der Waals surface area contributed by atoms with E-state index < -0.39 is 44.2 Å². The summed E-state index contributed by atoms with van der Waals surface area (Å²) in [6.07, 6.45) is 2.93. The van der Waals surface area contributed by atoms with E-state index in [0.29, 0.717) is 49.4 Å². The quantitative estimate of drug-likeness (QED) is 0.0251. The van der Waals surface area contributed by atoms with Crippen LogP contribution in [0.1, 0.15) is 62.9 Å². The maximum absolute atomic E-state index is 13.6. The first kappa shape index (κ1) is 38.5. The van der Waals surface area contributed by atoms with Gasteiger partial charge in [0, 0.05) is 32.2 Å². The van der Waals surface area contributed by atoms with Crippen LogP contribution in [0.4, 0.5) is 0 Å². The lowest BCUT2D eigenvalue weighted by atomic mass is 9.96. The molecule has 2 N–H and O–H groups in total. The van der Waals surface area contributed by atoms with Gasteiger partial charge in [-0.3, -0.25) is 0 Å². The maximum atomic E-state index is 13.6. The fraction of sp³-hybridized carbons (Fsp3) is 0.719. The van der Waals surface area contributed by atoms with E-state index in [1.54, 1.807) is 31.2 Å². The molecule has 1 saturated heterocycles. The zero-order valence-electron chi connectivity index (χ0n) is 28.2. The van der Waals surface area contributed by atoms with Gasteiger partial charge < -0.3 is 38.6 Å². The predicted octanol–water partition coefficient (Wildman–Crippen LogP) is 6.02. The number of ether oxygens (including phenoxy) is 6. The van der Waals surface area contributed by atoms with E-state index in [0.717, 1.165) is 6.04 Å². The zero-order valence-corrected chi connectivity index (χ0v) is 29.2. The molecule has 0 radical (unpaired) electrons. The van der Waals surface area contributed by atoms with Gasteiger partial charge in [0.1, 0.15) is 29.3 Å². The van der Waals surface area contributed by atoms with Gasteiger partial charge in [0.05, 0.1) is 25.4 Å². The van der Waals surface area contributed by atoms with Crippen molar-refractivity contribution >= 4 is 14.0 Å². The molecule has 13 heteroatoms. The highest BCUT2D eigenvalue weighted by molar-refractivity contribution is 6.76. The minimum absolute atomic E-state index is 0.0515. The first-order valence-corrected chi connectivity index (χ1v) is 19.4. The van der Waals surface area contributed by atoms with E-state index >= 15 is 0 Å². The van der Waals surface area contributed by atoms with Gasteiger partial charge in [-0.1, -0.05) is 43.8 Å². The van der Waals surface area contributed by atoms with Crippen molar-refractivity contribution in [2.75, 3.05) is 33.7 Å². The number of esters is 1. The summed E-state index contributed by atoms with van der Waals surface area (Å²) in [5.74, 6) is -0.678. The molecule has 5 atom stereocenters. The number of nitrogens with zero attached hydrogens (tertiary/aromatic N) is 3. The summed E-state index contributed by atoms with van der Waals surface area (Å²) in [6.45, 7) is 14.7. The van der Waals surface area contributed by atoms with E-state index in [2.05, 4.69) is 29.7 Å². The third kappa shape index (κ3) is 13.3. The summed E-state index contributed by atoms with van der Waals surface area (Å²) in [7, 11) is 0.0584. The van der Waals surface area contributed by atoms with E-state index in [1.807, 2.05) is 20.8 Å². The number of azide groups is 1. The molecule has 0 aliphatic carbocycles. The topological polar surface area (TPSA) is 162 Å². The zero-order chi connectivity index (χ0) is 33.6. The number of hydrogen-bond acceptors (Lipinski definition) is 10. The van der Waals surface area contributed by atoms with Gasteiger partial charge in [-0.05, 0) is 76.1 Å². The Balaban J connectivity index is 2.34. The minimum atomic E-state index is -1.45. The van der Waals surface area contributed by atoms with Crippen LogP contribution in [0.15, 0.2) is 29.4 Å². The number of rotatable bonds is 20. The van der Waals surface area contributed by atoms with Crippen LogP contribution in [0, 0.1) is 5.92 Å². The summed E-state index contributed by atoms with van der Waals surface area (Å²) in [5, 5.41) is 24.3. The standard InChI is InChI=1S/C32H53N3O9Si/c1-22(23(2)36)13-14-25(37)30-28(43-32(3,4)44-30)12-9-11-24-26(40-18-10-17-34-35-33)15-16-27(42-21-39-5)29(24)31(38)41-19-20-45(6,7)8/h13-16,22-23,25,28,30,36-37H,9-12,17-21H2,1-8H3/b14-13-/t22-,23+,25?,28+,30-/m1/s1. The Morgan fingerprint density at radius 1 is 1.11 bits per heavy atom. The van der Waals surface area contributed by atoms with Crippen LogP contribution >= 0.6 is 0 Å². The fourth-order valence-electron chi connectivity index (χ4n) is 4.76. The van der Waals surface area contributed by atoms with Gasteiger partial charge in [0.25, 0.3) is 0 Å². The number of aliphatic hydroxyl groups is 2. The Labute approximate surface area is 268 Å². The van der Waals surface area contributed by atoms with Crippen LogP contribution in [-0.2, 0) is 25.4 Å². The van der Waals surface area contributed by atoms with Crippen LogP contribution in [0.25, 0.3) is 10.4 Å². The molecule has 12 nitrogen and oxygen atoms in total. The van der Waals surface area contributed by atoms with Gasteiger partial charge in [-0.25, -0.2) is 4.79 Å². The van der Waals surface area contributed by atoms with Crippen molar-refractivity contribution < 1.29 is 43.4 Å². The lowest BCUT2D eigenvalue weighted by Gasteiger charge is -2.22. The van der Waals surface area contributed by atoms with Crippen LogP contribution in [-0.4, -0.2) is 88.1 Å². The van der Waals surface area contributed by atoms with Gasteiger partial charge in [0.15, 0.2) is 12.6 Å². The molecule has 0 bridgehead atoms. The number of aliphatic hydroxyl groups excluding tert-OH is 2. The molecule has 1 aromatic rings. The van der Waals surface area contributed by atoms with Gasteiger partial charge in [0.2, 0.25) is 0 Å². The van der Waals surface area contributed by atoms with Crippen molar-refractivity contribution in [1.82, 2.24) is 0 Å². The lowest BCUT2D eigenvalue weighted by Crippen LogP contribution is -2.34. The Hall–Kier alpha value is -2.64. The Bertz CT molecular complexity index is 1150. The molecular formula is C32H53N3O9Si. The van der Waals surface area contributed by atoms with E-state index in [9.17, 15) is 15.0 Å². The Kier molecular flexibility index (Phi) is 15.8. The van der Waals surface area contributed by atoms with Crippen molar-refractivity contribution in [1.29, 1.82) is 0 Å². The molecule has 1 aliphatic heterocycles. The molecule has 0 aromatic heterocycles. The molecule has 1 unspecified atom stereocenters. The first-order chi connectivity index (χ1) is 21.2. The molecule has 0 spiro atoms. The molecule has 45 heavy (non-hydrogen) atoms. The van der Waals surface area contributed by atoms with Crippen molar-refractivity contribution in [3.63, 3.8) is 0 Å². The highest BCUT2D eigenvalue weighted by atomic mass is 28.3. The molecule has 1 fully saturated rings. The third-order valence-electron chi connectivity index (χ3n) is 7.42. The molecule has 1 heterocycles. The average molecular weight is 652 g/mol. The lowest BCUT2D eigenvalue weighted by molar-refractivity contribution is -0.152. The summed E-state index contributed by atoms with van der Waals surface area (Å²) in [4.78, 5) is 16.4. The number of benzene rings is 1. The van der Waals surface area contributed by atoms with Crippen molar-refractivity contribution in [3.05, 3.63) is 45.9 Å². The molecule has 1 aromatic carbocycles. The van der Waals surface area contributed by atoms with E-state index in [4.69, 9.17) is 34.0 Å². The van der Waals surface area contributed by atoms with Crippen molar-refractivity contribution in [2.24, 2.45) is 11.0 Å². The number of methoxy groups -OCH3 is 1. The molecule has 1 aliphatic rings. The molecular weight excluding hydrogens is 598 g/mol. The largest absolute Gasteiger partial charge is 0.493 e. The number of carbonyl (C=O) groups is 1. The molecule has 0 amide bonds. The Morgan fingerprint density at radius 2 is 1.82 bits per heavy atom. The van der Waals surface area contributed by atoms with E-state index in [-0.39, 0.29) is 31.4 Å². The van der Waals surface area contributed by atoms with Crippen LogP contribution in [0.5, 0.6) is 11.5 Å². The van der Waals surface area contributed by atoms with Crippen LogP contribution in [0.2, 0.25) is 25.7 Å². The number of hydrogen-bond donors (Lipinski definition) is 2. The summed E-state index contributed by atoms with van der Waals surface area (Å²) < 4.78 is 35.0. The summed E-state index contributed by atoms with van der Waals surface area (Å²) in [5.41, 5.74) is 9.50. The van der Waals surface area contributed by atoms with Crippen molar-refractivity contribution in [2.45, 2.75) is 109 Å². The summed E-state index contributed by atoms with van der Waals surface area (Å²) in [6, 6.07) is 4.25. The molecule has 2 rings (SSSR count). The second-order valence-corrected chi connectivity index (χ2v) is 18.7. The highest BCUT2D eigenvalue weighted by Gasteiger charge is 2.43. The SMILES string of the molecule is COCOc1ccc(OCCCN=[N+]=[N-])c(CCC[C@@H]2OC(C)(C)O[C@@H]2C(O)/C=C\[C@@H](C)[C@H](C)O)c1C(=O)OCC[Si](C)(C)C. The Morgan fingerprint density at radius 3 is 2.47 bits per heavy atom. The molecule has 0 saturated carbocycles. The van der Waals surface area contributed by atoms with E-state index in [1.165, 1.54) is 7.11 Å². The summed E-state index contributed by atoms with van der Waals surface area (Å²) >= 11 is 0. The smallest absolute Gasteiger partial charge is 0.342 e. The average Bonchev–Trinajstić information content (AvgIpc) is 3.28. The number of carbonyl (C=O) groups excluding carboxylic acids is 1. The first-order valence-electron chi connectivity index (χ1n) is 15.7. The predicted molar refractivity (Wildman–Crippen MR) is 174 cm³/mol. The van der Waals surface area contributed by atoms with Crippen LogP contribution < -0.4 is 9.47 Å². The van der Waals surface area contributed by atoms with Crippen molar-refractivity contribution in [3.8, 4) is 11.5 Å². The second-order valence-electron chi connectivity index (χ2n) is 13.1. The monoisotopic (exact) mass is 651 g/mol. The highest BCUT2D eigenvalue weighted by Crippen LogP contribution is 2.36. The van der Waals surface area contributed by atoms with Gasteiger partial charge in [-0.2, -0.15) is 0 Å². The fourth-order valence-corrected chi connectivity index (χ4v) is 5.47. The molecule has 254 valence electrons. The second kappa shape index (κ2) is 18.5.